The molecular formula is C16H20F2N2O3. The molecule has 5 nitrogen and oxygen atoms in total. The molecule has 23 heavy (non-hydrogen) atoms. The van der Waals surface area contributed by atoms with Gasteiger partial charge in [-0.15, -0.1) is 0 Å². The summed E-state index contributed by atoms with van der Waals surface area (Å²) >= 11 is 0. The standard InChI is InChI=1S/C16H20F2N2O3/c17-16(18)23-13-5-2-1-4-12(13)20-8-7-11(10-20)19-15(21)14-6-3-9-22-14/h1-2,4-5,11,14,16H,3,6-10H2,(H,19,21)/t11-,14-/m0/s1. The summed E-state index contributed by atoms with van der Waals surface area (Å²) in [5, 5.41) is 2.99. The fraction of sp³-hybridized carbons (Fsp3) is 0.562. The SMILES string of the molecule is O=C(N[C@H]1CCN(c2ccccc2OC(F)F)C1)[C@@H]1CCCO1. The Morgan fingerprint density at radius 2 is 2.17 bits per heavy atom. The number of hydrogen-bond acceptors (Lipinski definition) is 4. The van der Waals surface area contributed by atoms with Gasteiger partial charge in [0, 0.05) is 25.7 Å². The maximum atomic E-state index is 12.5. The Hall–Kier alpha value is -1.89. The van der Waals surface area contributed by atoms with Gasteiger partial charge in [-0.3, -0.25) is 4.79 Å². The summed E-state index contributed by atoms with van der Waals surface area (Å²) in [6.07, 6.45) is 2.08. The van der Waals surface area contributed by atoms with Crippen LogP contribution in [0.25, 0.3) is 0 Å². The quantitative estimate of drug-likeness (QED) is 0.901. The maximum absolute atomic E-state index is 12.5. The van der Waals surface area contributed by atoms with E-state index < -0.39 is 6.61 Å². The van der Waals surface area contributed by atoms with Crippen LogP contribution in [0.5, 0.6) is 5.75 Å². The number of halogens is 2. The van der Waals surface area contributed by atoms with Gasteiger partial charge in [0.15, 0.2) is 0 Å². The average molecular weight is 326 g/mol. The highest BCUT2D eigenvalue weighted by atomic mass is 19.3. The summed E-state index contributed by atoms with van der Waals surface area (Å²) < 4.78 is 34.9. The van der Waals surface area contributed by atoms with E-state index in [0.717, 1.165) is 19.3 Å². The van der Waals surface area contributed by atoms with Gasteiger partial charge in [-0.2, -0.15) is 8.78 Å². The van der Waals surface area contributed by atoms with Crippen molar-refractivity contribution in [3.63, 3.8) is 0 Å². The summed E-state index contributed by atoms with van der Waals surface area (Å²) in [5.74, 6) is 0.0834. The highest BCUT2D eigenvalue weighted by Gasteiger charge is 2.30. The average Bonchev–Trinajstić information content (AvgIpc) is 3.18. The number of anilines is 1. The van der Waals surface area contributed by atoms with Gasteiger partial charge >= 0.3 is 6.61 Å². The molecule has 2 fully saturated rings. The Balaban J connectivity index is 1.60. The molecule has 1 aromatic carbocycles. The third kappa shape index (κ3) is 3.90. The van der Waals surface area contributed by atoms with Crippen LogP contribution in [0.3, 0.4) is 0 Å². The lowest BCUT2D eigenvalue weighted by molar-refractivity contribution is -0.130. The lowest BCUT2D eigenvalue weighted by atomic mass is 10.2. The second-order valence-corrected chi connectivity index (χ2v) is 5.79. The lowest BCUT2D eigenvalue weighted by Gasteiger charge is -2.22. The molecule has 0 aliphatic carbocycles. The van der Waals surface area contributed by atoms with Gasteiger partial charge in [0.1, 0.15) is 11.9 Å². The van der Waals surface area contributed by atoms with Crippen molar-refractivity contribution in [1.82, 2.24) is 5.32 Å². The van der Waals surface area contributed by atoms with Crippen LogP contribution in [0.2, 0.25) is 0 Å². The van der Waals surface area contributed by atoms with Crippen molar-refractivity contribution in [2.24, 2.45) is 0 Å². The van der Waals surface area contributed by atoms with Crippen molar-refractivity contribution in [2.75, 3.05) is 24.6 Å². The molecule has 2 saturated heterocycles. The van der Waals surface area contributed by atoms with E-state index in [-0.39, 0.29) is 23.8 Å². The molecule has 0 unspecified atom stereocenters. The van der Waals surface area contributed by atoms with Crippen LogP contribution >= 0.6 is 0 Å². The van der Waals surface area contributed by atoms with E-state index in [1.165, 1.54) is 6.07 Å². The molecule has 0 spiro atoms. The van der Waals surface area contributed by atoms with Crippen molar-refractivity contribution in [3.8, 4) is 5.75 Å². The largest absolute Gasteiger partial charge is 0.433 e. The number of nitrogens with one attached hydrogen (secondary N) is 1. The number of amides is 1. The molecule has 0 aromatic heterocycles. The number of para-hydroxylation sites is 2. The zero-order valence-corrected chi connectivity index (χ0v) is 12.7. The Labute approximate surface area is 133 Å². The molecule has 2 atom stereocenters. The molecule has 1 N–H and O–H groups in total. The van der Waals surface area contributed by atoms with Crippen molar-refractivity contribution < 1.29 is 23.0 Å². The summed E-state index contributed by atoms with van der Waals surface area (Å²) in [4.78, 5) is 14.0. The molecule has 2 heterocycles. The van der Waals surface area contributed by atoms with Crippen LogP contribution in [0.1, 0.15) is 19.3 Å². The first-order valence-corrected chi connectivity index (χ1v) is 7.84. The summed E-state index contributed by atoms with van der Waals surface area (Å²) in [6.45, 7) is -0.969. The monoisotopic (exact) mass is 326 g/mol. The smallest absolute Gasteiger partial charge is 0.387 e. The highest BCUT2D eigenvalue weighted by Crippen LogP contribution is 2.31. The summed E-state index contributed by atoms with van der Waals surface area (Å²) in [7, 11) is 0. The van der Waals surface area contributed by atoms with E-state index in [0.29, 0.717) is 25.4 Å². The molecule has 7 heteroatoms. The second-order valence-electron chi connectivity index (χ2n) is 5.79. The molecule has 126 valence electrons. The molecule has 0 radical (unpaired) electrons. The van der Waals surface area contributed by atoms with Crippen molar-refractivity contribution in [1.29, 1.82) is 0 Å². The fourth-order valence-corrected chi connectivity index (χ4v) is 3.09. The van der Waals surface area contributed by atoms with Gasteiger partial charge in [0.25, 0.3) is 0 Å². The molecule has 3 rings (SSSR count). The Kier molecular flexibility index (Phi) is 4.95. The first kappa shape index (κ1) is 16.0. The van der Waals surface area contributed by atoms with Crippen molar-refractivity contribution in [2.45, 2.75) is 38.0 Å². The number of carbonyl (C=O) groups is 1. The van der Waals surface area contributed by atoms with Crippen LogP contribution < -0.4 is 15.0 Å². The predicted octanol–water partition coefficient (Wildman–Crippen LogP) is 2.16. The molecule has 0 saturated carbocycles. The zero-order valence-electron chi connectivity index (χ0n) is 12.7. The van der Waals surface area contributed by atoms with Crippen LogP contribution in [-0.4, -0.2) is 44.4 Å². The van der Waals surface area contributed by atoms with E-state index in [4.69, 9.17) is 4.74 Å². The zero-order chi connectivity index (χ0) is 16.2. The van der Waals surface area contributed by atoms with Crippen LogP contribution in [-0.2, 0) is 9.53 Å². The summed E-state index contributed by atoms with van der Waals surface area (Å²) in [6, 6.07) is 6.72. The van der Waals surface area contributed by atoms with E-state index in [1.807, 2.05) is 4.90 Å². The minimum Gasteiger partial charge on any atom is -0.433 e. The van der Waals surface area contributed by atoms with E-state index in [1.54, 1.807) is 18.2 Å². The number of rotatable bonds is 5. The van der Waals surface area contributed by atoms with Gasteiger partial charge in [-0.25, -0.2) is 0 Å². The van der Waals surface area contributed by atoms with Crippen molar-refractivity contribution in [3.05, 3.63) is 24.3 Å². The Morgan fingerprint density at radius 3 is 2.91 bits per heavy atom. The second kappa shape index (κ2) is 7.12. The number of alkyl halides is 2. The minimum atomic E-state index is -2.85. The first-order valence-electron chi connectivity index (χ1n) is 7.84. The number of nitrogens with zero attached hydrogens (tertiary/aromatic N) is 1. The first-order chi connectivity index (χ1) is 11.1. The topological polar surface area (TPSA) is 50.8 Å². The molecule has 2 aliphatic heterocycles. The highest BCUT2D eigenvalue weighted by molar-refractivity contribution is 5.81. The third-order valence-corrected chi connectivity index (χ3v) is 4.18. The normalized spacial score (nSPS) is 24.2. The van der Waals surface area contributed by atoms with Crippen LogP contribution in [0.4, 0.5) is 14.5 Å². The van der Waals surface area contributed by atoms with Gasteiger partial charge in [0.05, 0.1) is 5.69 Å². The molecule has 1 aromatic rings. The predicted molar refractivity (Wildman–Crippen MR) is 80.8 cm³/mol. The molecular weight excluding hydrogens is 306 g/mol. The number of carbonyl (C=O) groups excluding carboxylic acids is 1. The van der Waals surface area contributed by atoms with E-state index in [9.17, 15) is 13.6 Å². The summed E-state index contributed by atoms with van der Waals surface area (Å²) in [5.41, 5.74) is 0.627. The molecule has 1 amide bonds. The lowest BCUT2D eigenvalue weighted by Crippen LogP contribution is -2.42. The molecule has 0 bridgehead atoms. The number of hydrogen-bond donors (Lipinski definition) is 1. The van der Waals surface area contributed by atoms with Gasteiger partial charge in [-0.1, -0.05) is 12.1 Å². The molecule has 2 aliphatic rings. The Bertz CT molecular complexity index is 550. The maximum Gasteiger partial charge on any atom is 0.387 e. The van der Waals surface area contributed by atoms with Gasteiger partial charge < -0.3 is 19.7 Å². The van der Waals surface area contributed by atoms with Crippen molar-refractivity contribution >= 4 is 11.6 Å². The minimum absolute atomic E-state index is 0.00805. The van der Waals surface area contributed by atoms with Crippen LogP contribution in [0, 0.1) is 0 Å². The Morgan fingerprint density at radius 1 is 1.35 bits per heavy atom. The number of ether oxygens (including phenoxy) is 2. The van der Waals surface area contributed by atoms with Gasteiger partial charge in [-0.05, 0) is 31.4 Å². The van der Waals surface area contributed by atoms with Gasteiger partial charge in [0.2, 0.25) is 5.91 Å². The van der Waals surface area contributed by atoms with E-state index in [2.05, 4.69) is 10.1 Å². The fourth-order valence-electron chi connectivity index (χ4n) is 3.09. The van der Waals surface area contributed by atoms with Crippen LogP contribution in [0.15, 0.2) is 24.3 Å². The number of benzene rings is 1. The van der Waals surface area contributed by atoms with E-state index >= 15 is 0 Å². The third-order valence-electron chi connectivity index (χ3n) is 4.18.